The molecule has 5 nitrogen and oxygen atoms in total. The Balaban J connectivity index is 2.33. The molecule has 1 aromatic carbocycles. The second-order valence-corrected chi connectivity index (χ2v) is 3.82. The minimum absolute atomic E-state index is 0.263. The van der Waals surface area contributed by atoms with Gasteiger partial charge in [0.2, 0.25) is 0 Å². The quantitative estimate of drug-likeness (QED) is 0.743. The van der Waals surface area contributed by atoms with Crippen molar-refractivity contribution in [3.8, 4) is 11.3 Å². The predicted molar refractivity (Wildman–Crippen MR) is 65.4 cm³/mol. The fourth-order valence-electron chi connectivity index (χ4n) is 1.96. The molecule has 2 aromatic heterocycles. The van der Waals surface area contributed by atoms with E-state index >= 15 is 0 Å². The SMILES string of the molecule is O=C(O)c1ccccc1-c1cccc2nncn12. The fourth-order valence-corrected chi connectivity index (χ4v) is 1.96. The van der Waals surface area contributed by atoms with E-state index < -0.39 is 5.97 Å². The number of aromatic carboxylic acids is 1. The van der Waals surface area contributed by atoms with Crippen molar-refractivity contribution in [3.05, 3.63) is 54.4 Å². The molecule has 0 amide bonds. The molecule has 88 valence electrons. The van der Waals surface area contributed by atoms with E-state index in [2.05, 4.69) is 10.2 Å². The lowest BCUT2D eigenvalue weighted by Gasteiger charge is -2.07. The van der Waals surface area contributed by atoms with Crippen molar-refractivity contribution in [2.45, 2.75) is 0 Å². The fraction of sp³-hybridized carbons (Fsp3) is 0. The second kappa shape index (κ2) is 3.96. The number of fused-ring (bicyclic) bond motifs is 1. The van der Waals surface area contributed by atoms with E-state index in [1.54, 1.807) is 28.9 Å². The number of carboxylic acid groups (broad SMARTS) is 1. The van der Waals surface area contributed by atoms with Crippen LogP contribution >= 0.6 is 0 Å². The zero-order valence-corrected chi connectivity index (χ0v) is 9.32. The summed E-state index contributed by atoms with van der Waals surface area (Å²) in [6.07, 6.45) is 1.57. The molecule has 0 aliphatic heterocycles. The molecule has 0 saturated heterocycles. The summed E-state index contributed by atoms with van der Waals surface area (Å²) >= 11 is 0. The van der Waals surface area contributed by atoms with Gasteiger partial charge in [-0.2, -0.15) is 0 Å². The van der Waals surface area contributed by atoms with Crippen LogP contribution < -0.4 is 0 Å². The highest BCUT2D eigenvalue weighted by atomic mass is 16.4. The van der Waals surface area contributed by atoms with Gasteiger partial charge >= 0.3 is 5.97 Å². The lowest BCUT2D eigenvalue weighted by Crippen LogP contribution is -2.01. The molecular weight excluding hydrogens is 230 g/mol. The normalized spacial score (nSPS) is 10.7. The highest BCUT2D eigenvalue weighted by Crippen LogP contribution is 2.24. The highest BCUT2D eigenvalue weighted by molar-refractivity contribution is 5.95. The van der Waals surface area contributed by atoms with Gasteiger partial charge in [-0.15, -0.1) is 10.2 Å². The molecule has 0 unspecified atom stereocenters. The average Bonchev–Trinajstić information content (AvgIpc) is 2.86. The van der Waals surface area contributed by atoms with Crippen LogP contribution in [0.3, 0.4) is 0 Å². The van der Waals surface area contributed by atoms with Gasteiger partial charge in [-0.25, -0.2) is 4.79 Å². The summed E-state index contributed by atoms with van der Waals surface area (Å²) in [6.45, 7) is 0. The van der Waals surface area contributed by atoms with Crippen molar-refractivity contribution in [2.24, 2.45) is 0 Å². The Morgan fingerprint density at radius 2 is 1.94 bits per heavy atom. The molecule has 0 bridgehead atoms. The molecule has 0 fully saturated rings. The molecule has 2 heterocycles. The van der Waals surface area contributed by atoms with Crippen molar-refractivity contribution >= 4 is 11.6 Å². The van der Waals surface area contributed by atoms with Crippen molar-refractivity contribution in [1.29, 1.82) is 0 Å². The smallest absolute Gasteiger partial charge is 0.336 e. The molecule has 0 atom stereocenters. The molecule has 0 spiro atoms. The third-order valence-corrected chi connectivity index (χ3v) is 2.77. The van der Waals surface area contributed by atoms with Crippen LogP contribution in [-0.4, -0.2) is 25.7 Å². The van der Waals surface area contributed by atoms with E-state index in [-0.39, 0.29) is 5.56 Å². The summed E-state index contributed by atoms with van der Waals surface area (Å²) in [6, 6.07) is 12.4. The molecule has 1 N–H and O–H groups in total. The second-order valence-electron chi connectivity index (χ2n) is 3.82. The van der Waals surface area contributed by atoms with Crippen molar-refractivity contribution in [2.75, 3.05) is 0 Å². The zero-order valence-electron chi connectivity index (χ0n) is 9.32. The third kappa shape index (κ3) is 1.53. The van der Waals surface area contributed by atoms with Crippen LogP contribution in [0, 0.1) is 0 Å². The van der Waals surface area contributed by atoms with Crippen LogP contribution in [0.1, 0.15) is 10.4 Å². The largest absolute Gasteiger partial charge is 0.478 e. The lowest BCUT2D eigenvalue weighted by molar-refractivity contribution is 0.0697. The van der Waals surface area contributed by atoms with Crippen LogP contribution in [0.5, 0.6) is 0 Å². The minimum Gasteiger partial charge on any atom is -0.478 e. The molecule has 0 saturated carbocycles. The first-order chi connectivity index (χ1) is 8.77. The number of carbonyl (C=O) groups is 1. The standard InChI is InChI=1S/C13H9N3O2/c17-13(18)10-5-2-1-4-9(10)11-6-3-7-12-15-14-8-16(11)12/h1-8H,(H,17,18). The number of hydrogen-bond acceptors (Lipinski definition) is 3. The first-order valence-corrected chi connectivity index (χ1v) is 5.39. The topological polar surface area (TPSA) is 67.5 Å². The van der Waals surface area contributed by atoms with Gasteiger partial charge in [0.1, 0.15) is 6.33 Å². The summed E-state index contributed by atoms with van der Waals surface area (Å²) < 4.78 is 1.77. The first kappa shape index (κ1) is 10.5. The molecule has 3 aromatic rings. The van der Waals surface area contributed by atoms with Gasteiger partial charge in [0, 0.05) is 5.56 Å². The van der Waals surface area contributed by atoms with E-state index in [4.69, 9.17) is 0 Å². The molecule has 3 rings (SSSR count). The maximum atomic E-state index is 11.2. The summed E-state index contributed by atoms with van der Waals surface area (Å²) in [4.78, 5) is 11.2. The Morgan fingerprint density at radius 3 is 2.78 bits per heavy atom. The van der Waals surface area contributed by atoms with Crippen LogP contribution in [0.25, 0.3) is 16.9 Å². The maximum Gasteiger partial charge on any atom is 0.336 e. The summed E-state index contributed by atoms with van der Waals surface area (Å²) in [7, 11) is 0. The van der Waals surface area contributed by atoms with E-state index in [9.17, 15) is 9.90 Å². The van der Waals surface area contributed by atoms with Gasteiger partial charge in [-0.1, -0.05) is 24.3 Å². The molecular formula is C13H9N3O2. The highest BCUT2D eigenvalue weighted by Gasteiger charge is 2.13. The van der Waals surface area contributed by atoms with Crippen LogP contribution in [0.15, 0.2) is 48.8 Å². The van der Waals surface area contributed by atoms with Crippen LogP contribution in [0.4, 0.5) is 0 Å². The van der Waals surface area contributed by atoms with Gasteiger partial charge in [0.15, 0.2) is 5.65 Å². The number of aromatic nitrogens is 3. The molecule has 0 aliphatic rings. The average molecular weight is 239 g/mol. The summed E-state index contributed by atoms with van der Waals surface area (Å²) in [5.74, 6) is -0.948. The molecule has 5 heteroatoms. The predicted octanol–water partition coefficient (Wildman–Crippen LogP) is 2.09. The number of rotatable bonds is 2. The monoisotopic (exact) mass is 239 g/mol. The zero-order chi connectivity index (χ0) is 12.5. The van der Waals surface area contributed by atoms with Gasteiger partial charge < -0.3 is 5.11 Å². The Morgan fingerprint density at radius 1 is 1.11 bits per heavy atom. The number of nitrogens with zero attached hydrogens (tertiary/aromatic N) is 3. The maximum absolute atomic E-state index is 11.2. The third-order valence-electron chi connectivity index (χ3n) is 2.77. The Hall–Kier alpha value is -2.69. The van der Waals surface area contributed by atoms with Crippen molar-refractivity contribution in [3.63, 3.8) is 0 Å². The summed E-state index contributed by atoms with van der Waals surface area (Å²) in [5, 5.41) is 17.0. The molecule has 0 radical (unpaired) electrons. The van der Waals surface area contributed by atoms with Gasteiger partial charge in [-0.05, 0) is 18.2 Å². The van der Waals surface area contributed by atoms with Crippen LogP contribution in [-0.2, 0) is 0 Å². The first-order valence-electron chi connectivity index (χ1n) is 5.39. The molecule has 0 aliphatic carbocycles. The number of benzene rings is 1. The van der Waals surface area contributed by atoms with E-state index in [1.807, 2.05) is 24.3 Å². The van der Waals surface area contributed by atoms with E-state index in [1.165, 1.54) is 0 Å². The van der Waals surface area contributed by atoms with Crippen LogP contribution in [0.2, 0.25) is 0 Å². The minimum atomic E-state index is -0.948. The summed E-state index contributed by atoms with van der Waals surface area (Å²) in [5.41, 5.74) is 2.36. The Labute approximate surface area is 102 Å². The lowest BCUT2D eigenvalue weighted by atomic mass is 10.0. The molecule has 18 heavy (non-hydrogen) atoms. The Bertz CT molecular complexity index is 734. The van der Waals surface area contributed by atoms with Crippen molar-refractivity contribution in [1.82, 2.24) is 14.6 Å². The van der Waals surface area contributed by atoms with Gasteiger partial charge in [0.25, 0.3) is 0 Å². The van der Waals surface area contributed by atoms with Crippen molar-refractivity contribution < 1.29 is 9.90 Å². The number of carboxylic acids is 1. The van der Waals surface area contributed by atoms with Gasteiger partial charge in [0.05, 0.1) is 11.3 Å². The van der Waals surface area contributed by atoms with E-state index in [0.717, 1.165) is 5.69 Å². The number of pyridine rings is 1. The Kier molecular flexibility index (Phi) is 2.30. The van der Waals surface area contributed by atoms with E-state index in [0.29, 0.717) is 11.2 Å². The van der Waals surface area contributed by atoms with Gasteiger partial charge in [-0.3, -0.25) is 4.40 Å². The number of hydrogen-bond donors (Lipinski definition) is 1.